The van der Waals surface area contributed by atoms with Crippen LogP contribution in [0.4, 0.5) is 5.69 Å². The van der Waals surface area contributed by atoms with Gasteiger partial charge in [-0.15, -0.1) is 0 Å². The van der Waals surface area contributed by atoms with Gasteiger partial charge in [-0.05, 0) is 55.3 Å². The molecule has 0 aliphatic heterocycles. The second-order valence-electron chi connectivity index (χ2n) is 7.84. The molecule has 0 aliphatic carbocycles. The molecule has 0 fully saturated rings. The lowest BCUT2D eigenvalue weighted by Crippen LogP contribution is -2.51. The van der Waals surface area contributed by atoms with Crippen LogP contribution in [0.25, 0.3) is 0 Å². The van der Waals surface area contributed by atoms with Crippen LogP contribution >= 0.6 is 34.8 Å². The predicted octanol–water partition coefficient (Wildman–Crippen LogP) is 4.75. The smallest absolute Gasteiger partial charge is 0.244 e. The first-order chi connectivity index (χ1) is 15.9. The van der Waals surface area contributed by atoms with Crippen LogP contribution in [0.3, 0.4) is 0 Å². The van der Waals surface area contributed by atoms with E-state index in [4.69, 9.17) is 34.8 Å². The highest BCUT2D eigenvalue weighted by Crippen LogP contribution is 2.25. The maximum Gasteiger partial charge on any atom is 0.244 e. The predicted molar refractivity (Wildman–Crippen MR) is 138 cm³/mol. The number of carbonyl (C=O) groups is 2. The number of amides is 2. The molecule has 2 aromatic rings. The first-order valence-electron chi connectivity index (χ1n) is 10.7. The monoisotopic (exact) mass is 547 g/mol. The lowest BCUT2D eigenvalue weighted by Gasteiger charge is -2.31. The van der Waals surface area contributed by atoms with Crippen LogP contribution in [0, 0.1) is 0 Å². The molecule has 0 heterocycles. The van der Waals surface area contributed by atoms with Crippen molar-refractivity contribution in [3.05, 3.63) is 63.1 Å². The topological polar surface area (TPSA) is 86.8 Å². The van der Waals surface area contributed by atoms with E-state index in [-0.39, 0.29) is 18.1 Å². The van der Waals surface area contributed by atoms with Crippen LogP contribution in [0.5, 0.6) is 0 Å². The van der Waals surface area contributed by atoms with E-state index in [1.807, 2.05) is 6.92 Å². The van der Waals surface area contributed by atoms with E-state index in [1.54, 1.807) is 25.1 Å². The molecular formula is C23H28Cl3N3O4S. The summed E-state index contributed by atoms with van der Waals surface area (Å²) in [5, 5.41) is 3.92. The van der Waals surface area contributed by atoms with Gasteiger partial charge in [0, 0.05) is 18.1 Å². The molecule has 186 valence electrons. The van der Waals surface area contributed by atoms with E-state index in [9.17, 15) is 18.0 Å². The van der Waals surface area contributed by atoms with Crippen LogP contribution in [-0.2, 0) is 26.2 Å². The van der Waals surface area contributed by atoms with E-state index < -0.39 is 28.5 Å². The molecule has 2 amide bonds. The number of unbranched alkanes of at least 4 members (excludes halogenated alkanes) is 1. The van der Waals surface area contributed by atoms with Crippen LogP contribution in [0.1, 0.15) is 32.3 Å². The molecule has 0 bridgehead atoms. The van der Waals surface area contributed by atoms with Gasteiger partial charge >= 0.3 is 0 Å². The molecule has 0 saturated carbocycles. The van der Waals surface area contributed by atoms with Crippen molar-refractivity contribution in [1.29, 1.82) is 0 Å². The van der Waals surface area contributed by atoms with E-state index >= 15 is 0 Å². The summed E-state index contributed by atoms with van der Waals surface area (Å²) in [6.45, 7) is 3.63. The molecule has 7 nitrogen and oxygen atoms in total. The average Bonchev–Trinajstić information content (AvgIpc) is 2.77. The van der Waals surface area contributed by atoms with Crippen molar-refractivity contribution in [3.8, 4) is 0 Å². The third-order valence-corrected chi connectivity index (χ3v) is 7.26. The maximum atomic E-state index is 13.4. The summed E-state index contributed by atoms with van der Waals surface area (Å²) >= 11 is 18.1. The lowest BCUT2D eigenvalue weighted by atomic mass is 10.1. The summed E-state index contributed by atoms with van der Waals surface area (Å²) in [4.78, 5) is 27.5. The summed E-state index contributed by atoms with van der Waals surface area (Å²) in [6.07, 6.45) is 2.72. The molecule has 1 atom stereocenters. The molecule has 2 rings (SSSR count). The minimum Gasteiger partial charge on any atom is -0.354 e. The first-order valence-corrected chi connectivity index (χ1v) is 13.7. The summed E-state index contributed by atoms with van der Waals surface area (Å²) in [6, 6.07) is 10.2. The fraction of sp³-hybridized carbons (Fsp3) is 0.391. The Balaban J connectivity index is 2.36. The van der Waals surface area contributed by atoms with E-state index in [0.717, 1.165) is 23.4 Å². The lowest BCUT2D eigenvalue weighted by molar-refractivity contribution is -0.139. The number of hydrogen-bond donors (Lipinski definition) is 1. The molecule has 0 radical (unpaired) electrons. The Morgan fingerprint density at radius 3 is 2.24 bits per heavy atom. The molecule has 0 aromatic heterocycles. The number of anilines is 1. The fourth-order valence-electron chi connectivity index (χ4n) is 3.17. The van der Waals surface area contributed by atoms with Gasteiger partial charge in [-0.3, -0.25) is 13.9 Å². The molecule has 11 heteroatoms. The number of hydrogen-bond acceptors (Lipinski definition) is 4. The Hall–Kier alpha value is -2.00. The molecule has 1 N–H and O–H groups in total. The van der Waals surface area contributed by atoms with Gasteiger partial charge in [-0.25, -0.2) is 8.42 Å². The molecular weight excluding hydrogens is 521 g/mol. The van der Waals surface area contributed by atoms with Gasteiger partial charge < -0.3 is 10.2 Å². The fourth-order valence-corrected chi connectivity index (χ4v) is 4.47. The molecule has 0 spiro atoms. The zero-order valence-corrected chi connectivity index (χ0v) is 22.3. The SMILES string of the molecule is CCCCNC(=O)[C@H](C)N(Cc1ccc(Cl)c(Cl)c1)C(=O)CN(c1ccc(Cl)cc1)S(C)(=O)=O. The Kier molecular flexibility index (Phi) is 10.5. The minimum absolute atomic E-state index is 0.0380. The normalized spacial score (nSPS) is 12.2. The second kappa shape index (κ2) is 12.6. The number of carbonyl (C=O) groups excluding carboxylic acids is 2. The van der Waals surface area contributed by atoms with Crippen molar-refractivity contribution in [2.75, 3.05) is 23.7 Å². The highest BCUT2D eigenvalue weighted by molar-refractivity contribution is 7.92. The quantitative estimate of drug-likeness (QED) is 0.411. The third-order valence-electron chi connectivity index (χ3n) is 5.13. The summed E-state index contributed by atoms with van der Waals surface area (Å²) < 4.78 is 26.0. The number of nitrogens with one attached hydrogen (secondary N) is 1. The maximum absolute atomic E-state index is 13.4. The molecule has 34 heavy (non-hydrogen) atoms. The zero-order chi connectivity index (χ0) is 25.5. The Bertz CT molecular complexity index is 1110. The van der Waals surface area contributed by atoms with Crippen molar-refractivity contribution in [2.45, 2.75) is 39.3 Å². The van der Waals surface area contributed by atoms with Gasteiger partial charge in [-0.1, -0.05) is 54.2 Å². The van der Waals surface area contributed by atoms with Gasteiger partial charge in [0.05, 0.1) is 22.0 Å². The Labute approximate surface area is 216 Å². The highest BCUT2D eigenvalue weighted by Gasteiger charge is 2.30. The van der Waals surface area contributed by atoms with Crippen molar-refractivity contribution < 1.29 is 18.0 Å². The van der Waals surface area contributed by atoms with Crippen LogP contribution in [-0.4, -0.2) is 50.5 Å². The van der Waals surface area contributed by atoms with Gasteiger partial charge in [0.25, 0.3) is 0 Å². The summed E-state index contributed by atoms with van der Waals surface area (Å²) in [5.41, 5.74) is 0.933. The molecule has 0 aliphatic rings. The molecule has 2 aromatic carbocycles. The van der Waals surface area contributed by atoms with Crippen molar-refractivity contribution >= 4 is 62.3 Å². The standard InChI is InChI=1S/C23H28Cl3N3O4S/c1-4-5-12-27-23(31)16(2)28(14-17-6-11-20(25)21(26)13-17)22(30)15-29(34(3,32)33)19-9-7-18(24)8-10-19/h6-11,13,16H,4-5,12,14-15H2,1-3H3,(H,27,31)/t16-/m0/s1. The summed E-state index contributed by atoms with van der Waals surface area (Å²) in [5.74, 6) is -0.885. The largest absolute Gasteiger partial charge is 0.354 e. The van der Waals surface area contributed by atoms with Crippen molar-refractivity contribution in [2.24, 2.45) is 0 Å². The third kappa shape index (κ3) is 8.05. The van der Waals surface area contributed by atoms with Crippen molar-refractivity contribution in [1.82, 2.24) is 10.2 Å². The number of sulfonamides is 1. The average molecular weight is 549 g/mol. The van der Waals surface area contributed by atoms with Crippen LogP contribution < -0.4 is 9.62 Å². The van der Waals surface area contributed by atoms with Crippen molar-refractivity contribution in [3.63, 3.8) is 0 Å². The van der Waals surface area contributed by atoms with Crippen LogP contribution in [0.15, 0.2) is 42.5 Å². The molecule has 0 unspecified atom stereocenters. The minimum atomic E-state index is -3.80. The van der Waals surface area contributed by atoms with E-state index in [2.05, 4.69) is 5.32 Å². The Morgan fingerprint density at radius 1 is 1.03 bits per heavy atom. The van der Waals surface area contributed by atoms with E-state index in [0.29, 0.717) is 27.2 Å². The number of rotatable bonds is 11. The van der Waals surface area contributed by atoms with Gasteiger partial charge in [0.15, 0.2) is 0 Å². The van der Waals surface area contributed by atoms with Crippen LogP contribution in [0.2, 0.25) is 15.1 Å². The number of nitrogens with zero attached hydrogens (tertiary/aromatic N) is 2. The van der Waals surface area contributed by atoms with Gasteiger partial charge in [-0.2, -0.15) is 0 Å². The zero-order valence-electron chi connectivity index (χ0n) is 19.2. The second-order valence-corrected chi connectivity index (χ2v) is 11.0. The van der Waals surface area contributed by atoms with E-state index in [1.165, 1.54) is 29.2 Å². The van der Waals surface area contributed by atoms with Gasteiger partial charge in [0.2, 0.25) is 21.8 Å². The van der Waals surface area contributed by atoms with Gasteiger partial charge in [0.1, 0.15) is 12.6 Å². The Morgan fingerprint density at radius 2 is 1.68 bits per heavy atom. The summed E-state index contributed by atoms with van der Waals surface area (Å²) in [7, 11) is -3.80. The highest BCUT2D eigenvalue weighted by atomic mass is 35.5. The molecule has 0 saturated heterocycles. The first kappa shape index (κ1) is 28.2. The number of benzene rings is 2. The number of halogens is 3.